The average Bonchev–Trinajstić information content (AvgIpc) is 3.06. The number of aromatic nitrogens is 2. The largest absolute Gasteiger partial charge is 0.384 e. The van der Waals surface area contributed by atoms with Crippen LogP contribution in [0.1, 0.15) is 17.0 Å². The molecule has 5 heteroatoms. The summed E-state index contributed by atoms with van der Waals surface area (Å²) in [4.78, 5) is 4.45. The number of nitrogens with zero attached hydrogens (tertiary/aromatic N) is 2. The zero-order valence-electron chi connectivity index (χ0n) is 14.0. The number of rotatable bonds is 7. The summed E-state index contributed by atoms with van der Waals surface area (Å²) < 4.78 is 9.36. The minimum absolute atomic E-state index is 0.649. The van der Waals surface area contributed by atoms with Gasteiger partial charge in [0.05, 0.1) is 6.61 Å². The standard InChI is InChI=1S/C19H21N3OS/c1-14-4-3-5-17(12-14)16-8-6-15(7-9-16)13-20-19-21-18(22-24-19)10-11-23-2/h3-9,12H,10-11,13H2,1-2H3,(H,20,21,22). The second-order valence-electron chi connectivity index (χ2n) is 5.68. The van der Waals surface area contributed by atoms with E-state index in [1.165, 1.54) is 33.8 Å². The first-order chi connectivity index (χ1) is 11.7. The number of benzene rings is 2. The van der Waals surface area contributed by atoms with Gasteiger partial charge in [0.15, 0.2) is 0 Å². The number of hydrogen-bond donors (Lipinski definition) is 1. The van der Waals surface area contributed by atoms with Crippen LogP contribution in [-0.4, -0.2) is 23.1 Å². The molecule has 3 rings (SSSR count). The lowest BCUT2D eigenvalue weighted by Gasteiger charge is -2.06. The van der Waals surface area contributed by atoms with Crippen molar-refractivity contribution in [3.05, 3.63) is 65.5 Å². The van der Waals surface area contributed by atoms with Gasteiger partial charge in [-0.3, -0.25) is 0 Å². The van der Waals surface area contributed by atoms with Crippen molar-refractivity contribution >= 4 is 16.7 Å². The summed E-state index contributed by atoms with van der Waals surface area (Å²) in [6.45, 7) is 3.51. The molecule has 2 aromatic carbocycles. The van der Waals surface area contributed by atoms with Crippen LogP contribution in [0.5, 0.6) is 0 Å². The first-order valence-corrected chi connectivity index (χ1v) is 8.73. The first-order valence-electron chi connectivity index (χ1n) is 7.96. The summed E-state index contributed by atoms with van der Waals surface area (Å²) >= 11 is 1.39. The summed E-state index contributed by atoms with van der Waals surface area (Å²) in [7, 11) is 1.69. The zero-order valence-corrected chi connectivity index (χ0v) is 14.8. The van der Waals surface area contributed by atoms with E-state index in [0.29, 0.717) is 6.61 Å². The topological polar surface area (TPSA) is 47.0 Å². The molecule has 0 aliphatic carbocycles. The van der Waals surface area contributed by atoms with Crippen molar-refractivity contribution in [3.63, 3.8) is 0 Å². The molecule has 1 aromatic heterocycles. The Morgan fingerprint density at radius 3 is 2.67 bits per heavy atom. The second kappa shape index (κ2) is 8.04. The van der Waals surface area contributed by atoms with Crippen molar-refractivity contribution in [2.75, 3.05) is 19.0 Å². The number of aryl methyl sites for hydroxylation is 1. The Morgan fingerprint density at radius 1 is 1.08 bits per heavy atom. The van der Waals surface area contributed by atoms with Crippen molar-refractivity contribution in [2.45, 2.75) is 19.9 Å². The molecule has 0 atom stereocenters. The van der Waals surface area contributed by atoms with Gasteiger partial charge in [-0.2, -0.15) is 4.37 Å². The molecule has 4 nitrogen and oxygen atoms in total. The Labute approximate surface area is 146 Å². The van der Waals surface area contributed by atoms with E-state index >= 15 is 0 Å². The predicted molar refractivity (Wildman–Crippen MR) is 99.4 cm³/mol. The lowest BCUT2D eigenvalue weighted by Crippen LogP contribution is -2.00. The molecule has 124 valence electrons. The van der Waals surface area contributed by atoms with E-state index in [0.717, 1.165) is 23.9 Å². The summed E-state index contributed by atoms with van der Waals surface area (Å²) in [5.41, 5.74) is 4.99. The Morgan fingerprint density at radius 2 is 1.92 bits per heavy atom. The highest BCUT2D eigenvalue weighted by Gasteiger charge is 2.04. The van der Waals surface area contributed by atoms with Crippen LogP contribution >= 0.6 is 11.5 Å². The van der Waals surface area contributed by atoms with Crippen LogP contribution in [0, 0.1) is 6.92 Å². The molecule has 1 N–H and O–H groups in total. The van der Waals surface area contributed by atoms with Gasteiger partial charge in [0.1, 0.15) is 5.82 Å². The van der Waals surface area contributed by atoms with Crippen LogP contribution < -0.4 is 5.32 Å². The Hall–Kier alpha value is -2.24. The van der Waals surface area contributed by atoms with E-state index in [2.05, 4.69) is 70.1 Å². The second-order valence-corrected chi connectivity index (χ2v) is 6.43. The molecule has 0 aliphatic heterocycles. The molecule has 0 aliphatic rings. The fourth-order valence-corrected chi connectivity index (χ4v) is 3.04. The van der Waals surface area contributed by atoms with E-state index in [-0.39, 0.29) is 0 Å². The van der Waals surface area contributed by atoms with Crippen LogP contribution in [-0.2, 0) is 17.7 Å². The molecule has 0 saturated heterocycles. The summed E-state index contributed by atoms with van der Waals surface area (Å²) in [6.07, 6.45) is 0.750. The predicted octanol–water partition coefficient (Wildman–Crippen LogP) is 4.31. The molecule has 1 heterocycles. The van der Waals surface area contributed by atoms with Crippen molar-refractivity contribution < 1.29 is 4.74 Å². The van der Waals surface area contributed by atoms with E-state index in [4.69, 9.17) is 4.74 Å². The maximum atomic E-state index is 5.04. The van der Waals surface area contributed by atoms with E-state index < -0.39 is 0 Å². The SMILES string of the molecule is COCCc1nsc(NCc2ccc(-c3cccc(C)c3)cc2)n1. The molecule has 0 bridgehead atoms. The molecule has 0 amide bonds. The Balaban J connectivity index is 1.59. The Kier molecular flexibility index (Phi) is 5.56. The third-order valence-electron chi connectivity index (χ3n) is 3.75. The lowest BCUT2D eigenvalue weighted by molar-refractivity contribution is 0.201. The number of ether oxygens (including phenoxy) is 1. The third-order valence-corrected chi connectivity index (χ3v) is 4.46. The fourth-order valence-electron chi connectivity index (χ4n) is 2.44. The summed E-state index contributed by atoms with van der Waals surface area (Å²) in [6, 6.07) is 17.2. The Bertz CT molecular complexity index is 783. The van der Waals surface area contributed by atoms with E-state index in [1.807, 2.05) is 0 Å². The average molecular weight is 339 g/mol. The molecule has 0 unspecified atom stereocenters. The minimum atomic E-state index is 0.649. The quantitative estimate of drug-likeness (QED) is 0.696. The highest BCUT2D eigenvalue weighted by atomic mass is 32.1. The molecule has 0 spiro atoms. The van der Waals surface area contributed by atoms with Crippen LogP contribution in [0.25, 0.3) is 11.1 Å². The normalized spacial score (nSPS) is 10.8. The molecular formula is C19H21N3OS. The maximum absolute atomic E-state index is 5.04. The fraction of sp³-hybridized carbons (Fsp3) is 0.263. The zero-order chi connectivity index (χ0) is 16.8. The number of nitrogens with one attached hydrogen (secondary N) is 1. The van der Waals surface area contributed by atoms with Crippen LogP contribution in [0.15, 0.2) is 48.5 Å². The molecule has 24 heavy (non-hydrogen) atoms. The van der Waals surface area contributed by atoms with Crippen LogP contribution in [0.3, 0.4) is 0 Å². The minimum Gasteiger partial charge on any atom is -0.384 e. The highest BCUT2D eigenvalue weighted by Crippen LogP contribution is 2.21. The van der Waals surface area contributed by atoms with Gasteiger partial charge in [0.25, 0.3) is 0 Å². The smallest absolute Gasteiger partial charge is 0.202 e. The van der Waals surface area contributed by atoms with Gasteiger partial charge in [0, 0.05) is 31.6 Å². The number of hydrogen-bond acceptors (Lipinski definition) is 5. The van der Waals surface area contributed by atoms with Gasteiger partial charge in [-0.1, -0.05) is 54.1 Å². The molecule has 0 saturated carbocycles. The van der Waals surface area contributed by atoms with Gasteiger partial charge in [-0.25, -0.2) is 4.98 Å². The van der Waals surface area contributed by atoms with Gasteiger partial charge in [-0.05, 0) is 23.6 Å². The van der Waals surface area contributed by atoms with Gasteiger partial charge >= 0.3 is 0 Å². The number of methoxy groups -OCH3 is 1. The number of anilines is 1. The molecule has 0 fully saturated rings. The molecule has 0 radical (unpaired) electrons. The van der Waals surface area contributed by atoms with Gasteiger partial charge in [-0.15, -0.1) is 0 Å². The van der Waals surface area contributed by atoms with Crippen LogP contribution in [0.4, 0.5) is 5.13 Å². The van der Waals surface area contributed by atoms with Crippen LogP contribution in [0.2, 0.25) is 0 Å². The monoisotopic (exact) mass is 339 g/mol. The summed E-state index contributed by atoms with van der Waals surface area (Å²) in [5, 5.41) is 4.18. The van der Waals surface area contributed by atoms with Crippen molar-refractivity contribution in [3.8, 4) is 11.1 Å². The van der Waals surface area contributed by atoms with E-state index in [9.17, 15) is 0 Å². The molecular weight excluding hydrogens is 318 g/mol. The summed E-state index contributed by atoms with van der Waals surface area (Å²) in [5.74, 6) is 0.833. The highest BCUT2D eigenvalue weighted by molar-refractivity contribution is 7.09. The van der Waals surface area contributed by atoms with E-state index in [1.54, 1.807) is 7.11 Å². The van der Waals surface area contributed by atoms with Gasteiger partial charge < -0.3 is 10.1 Å². The first kappa shape index (κ1) is 16.6. The van der Waals surface area contributed by atoms with Crippen molar-refractivity contribution in [2.24, 2.45) is 0 Å². The van der Waals surface area contributed by atoms with Crippen molar-refractivity contribution in [1.82, 2.24) is 9.36 Å². The maximum Gasteiger partial charge on any atom is 0.202 e. The van der Waals surface area contributed by atoms with Gasteiger partial charge in [0.2, 0.25) is 5.13 Å². The molecule has 3 aromatic rings. The lowest BCUT2D eigenvalue weighted by atomic mass is 10.0. The third kappa shape index (κ3) is 4.40. The van der Waals surface area contributed by atoms with Crippen molar-refractivity contribution in [1.29, 1.82) is 0 Å².